The lowest BCUT2D eigenvalue weighted by molar-refractivity contribution is -0.149. The second-order valence-corrected chi connectivity index (χ2v) is 10.4. The van der Waals surface area contributed by atoms with Crippen LogP contribution in [0.4, 0.5) is 0 Å². The molecule has 0 fully saturated rings. The summed E-state index contributed by atoms with van der Waals surface area (Å²) in [6.45, 7) is 8.17. The second-order valence-electron chi connectivity index (χ2n) is 10.4. The normalized spacial score (nSPS) is 13.0. The largest absolute Gasteiger partial charge is 0.463 e. The van der Waals surface area contributed by atoms with Gasteiger partial charge in [-0.25, -0.2) is 0 Å². The van der Waals surface area contributed by atoms with E-state index in [0.29, 0.717) is 25.7 Å². The maximum Gasteiger partial charge on any atom is 0.309 e. The van der Waals surface area contributed by atoms with Crippen molar-refractivity contribution in [1.82, 2.24) is 15.6 Å². The summed E-state index contributed by atoms with van der Waals surface area (Å²) >= 11 is 0. The van der Waals surface area contributed by atoms with E-state index >= 15 is 0 Å². The fraction of sp³-hybridized carbons (Fsp3) is 0.382. The molecule has 0 saturated heterocycles. The smallest absolute Gasteiger partial charge is 0.309 e. The number of para-hydroxylation sites is 1. The van der Waals surface area contributed by atoms with Gasteiger partial charge in [0.15, 0.2) is 0 Å². The van der Waals surface area contributed by atoms with Crippen molar-refractivity contribution in [3.8, 4) is 0 Å². The molecule has 43 heavy (non-hydrogen) atoms. The number of aliphatic hydroxyl groups is 1. The standard InChI is InChI=1S/C34H43N3O6/c1-3-10-26(22-32(39)35-16-18-42-19-17-38)33(40)37-29(21-28-23-36-31-15-9-8-14-30(28)31)24-43-34(41)27(11-4-2)20-25-12-6-5-7-13-25/h3-9,12-15,23,26-27,29,36,38H,1-2,10-11,16-22,24H2,(H,35,39)(H,37,40)/t26-,27-,29+/m1/s1. The zero-order chi connectivity index (χ0) is 30.9. The summed E-state index contributed by atoms with van der Waals surface area (Å²) in [6, 6.07) is 17.1. The van der Waals surface area contributed by atoms with E-state index in [4.69, 9.17) is 14.6 Å². The first-order valence-corrected chi connectivity index (χ1v) is 14.7. The number of carbonyl (C=O) groups is 3. The molecule has 0 saturated carbocycles. The third-order valence-electron chi connectivity index (χ3n) is 7.08. The van der Waals surface area contributed by atoms with Crippen molar-refractivity contribution in [2.45, 2.75) is 38.1 Å². The number of hydrogen-bond acceptors (Lipinski definition) is 6. The van der Waals surface area contributed by atoms with Crippen LogP contribution in [0.1, 0.15) is 30.4 Å². The number of amides is 2. The summed E-state index contributed by atoms with van der Waals surface area (Å²) < 4.78 is 11.0. The first-order valence-electron chi connectivity index (χ1n) is 14.7. The van der Waals surface area contributed by atoms with Crippen molar-refractivity contribution in [2.24, 2.45) is 11.8 Å². The van der Waals surface area contributed by atoms with Crippen LogP contribution in [0, 0.1) is 11.8 Å². The van der Waals surface area contributed by atoms with Gasteiger partial charge >= 0.3 is 5.97 Å². The molecule has 0 aliphatic heterocycles. The number of ether oxygens (including phenoxy) is 2. The highest BCUT2D eigenvalue weighted by atomic mass is 16.5. The first kappa shape index (κ1) is 33.3. The molecule has 0 radical (unpaired) electrons. The Morgan fingerprint density at radius 1 is 0.930 bits per heavy atom. The molecule has 0 unspecified atom stereocenters. The van der Waals surface area contributed by atoms with Crippen LogP contribution in [0.5, 0.6) is 0 Å². The second kappa shape index (κ2) is 18.4. The van der Waals surface area contributed by atoms with Crippen molar-refractivity contribution in [3.63, 3.8) is 0 Å². The fourth-order valence-corrected chi connectivity index (χ4v) is 4.91. The van der Waals surface area contributed by atoms with E-state index < -0.39 is 17.9 Å². The van der Waals surface area contributed by atoms with Crippen LogP contribution in [-0.2, 0) is 36.7 Å². The third kappa shape index (κ3) is 11.2. The lowest BCUT2D eigenvalue weighted by atomic mass is 9.96. The van der Waals surface area contributed by atoms with Gasteiger partial charge in [-0.15, -0.1) is 13.2 Å². The Kier molecular flexibility index (Phi) is 14.2. The van der Waals surface area contributed by atoms with Crippen molar-refractivity contribution in [3.05, 3.63) is 97.2 Å². The molecule has 230 valence electrons. The Balaban J connectivity index is 1.70. The van der Waals surface area contributed by atoms with Gasteiger partial charge in [0.05, 0.1) is 37.7 Å². The number of carbonyl (C=O) groups excluding carboxylic acids is 3. The van der Waals surface area contributed by atoms with E-state index in [1.54, 1.807) is 12.2 Å². The van der Waals surface area contributed by atoms with Gasteiger partial charge in [-0.05, 0) is 42.9 Å². The number of aromatic amines is 1. The van der Waals surface area contributed by atoms with Crippen molar-refractivity contribution in [2.75, 3.05) is 33.0 Å². The number of H-pyrrole nitrogens is 1. The fourth-order valence-electron chi connectivity index (χ4n) is 4.91. The van der Waals surface area contributed by atoms with E-state index in [-0.39, 0.29) is 57.2 Å². The minimum atomic E-state index is -0.649. The molecule has 9 heteroatoms. The molecule has 9 nitrogen and oxygen atoms in total. The van der Waals surface area contributed by atoms with Gasteiger partial charge in [-0.1, -0.05) is 60.7 Å². The van der Waals surface area contributed by atoms with Crippen LogP contribution in [0.2, 0.25) is 0 Å². The third-order valence-corrected chi connectivity index (χ3v) is 7.08. The van der Waals surface area contributed by atoms with Gasteiger partial charge in [0.2, 0.25) is 11.8 Å². The first-order chi connectivity index (χ1) is 20.9. The number of hydrogen-bond donors (Lipinski definition) is 4. The molecule has 0 aliphatic carbocycles. The van der Waals surface area contributed by atoms with Gasteiger partial charge in [-0.2, -0.15) is 0 Å². The number of rotatable bonds is 20. The molecule has 0 bridgehead atoms. The molecular formula is C34H43N3O6. The summed E-state index contributed by atoms with van der Waals surface area (Å²) in [5.74, 6) is -2.01. The Bertz CT molecular complexity index is 1320. The van der Waals surface area contributed by atoms with Crippen LogP contribution in [0.15, 0.2) is 86.1 Å². The predicted molar refractivity (Wildman–Crippen MR) is 167 cm³/mol. The molecule has 3 atom stereocenters. The van der Waals surface area contributed by atoms with Crippen LogP contribution in [-0.4, -0.2) is 66.9 Å². The van der Waals surface area contributed by atoms with Gasteiger partial charge in [0, 0.05) is 30.1 Å². The highest BCUT2D eigenvalue weighted by Crippen LogP contribution is 2.21. The van der Waals surface area contributed by atoms with E-state index in [1.807, 2.05) is 60.8 Å². The predicted octanol–water partition coefficient (Wildman–Crippen LogP) is 3.88. The number of allylic oxidation sites excluding steroid dienone is 2. The van der Waals surface area contributed by atoms with E-state index in [1.165, 1.54) is 0 Å². The van der Waals surface area contributed by atoms with Crippen molar-refractivity contribution >= 4 is 28.7 Å². The quantitative estimate of drug-likeness (QED) is 0.0900. The molecule has 2 amide bonds. The van der Waals surface area contributed by atoms with Crippen molar-refractivity contribution in [1.29, 1.82) is 0 Å². The lowest BCUT2D eigenvalue weighted by Gasteiger charge is -2.23. The van der Waals surface area contributed by atoms with Gasteiger partial charge in [0.25, 0.3) is 0 Å². The van der Waals surface area contributed by atoms with E-state index in [9.17, 15) is 14.4 Å². The number of nitrogens with one attached hydrogen (secondary N) is 3. The topological polar surface area (TPSA) is 130 Å². The van der Waals surface area contributed by atoms with Crippen molar-refractivity contribution < 1.29 is 29.0 Å². The van der Waals surface area contributed by atoms with Crippen LogP contribution < -0.4 is 10.6 Å². The number of esters is 1. The SMILES string of the molecule is C=CC[C@H](CC(=O)NCCOCCO)C(=O)N[C@H](COC(=O)[C@H](CC=C)Cc1ccccc1)Cc1c[nH]c2ccccc12. The molecule has 2 aromatic carbocycles. The number of aliphatic hydroxyl groups excluding tert-OH is 1. The van der Waals surface area contributed by atoms with Gasteiger partial charge < -0.3 is 30.2 Å². The average Bonchev–Trinajstić information content (AvgIpc) is 3.42. The maximum absolute atomic E-state index is 13.5. The average molecular weight is 590 g/mol. The number of aromatic nitrogens is 1. The Morgan fingerprint density at radius 2 is 1.65 bits per heavy atom. The monoisotopic (exact) mass is 589 g/mol. The Morgan fingerprint density at radius 3 is 2.40 bits per heavy atom. The summed E-state index contributed by atoms with van der Waals surface area (Å²) in [4.78, 5) is 42.5. The lowest BCUT2D eigenvalue weighted by Crippen LogP contribution is -2.44. The zero-order valence-corrected chi connectivity index (χ0v) is 24.6. The minimum absolute atomic E-state index is 0.0261. The summed E-state index contributed by atoms with van der Waals surface area (Å²) in [7, 11) is 0. The summed E-state index contributed by atoms with van der Waals surface area (Å²) in [6.07, 6.45) is 6.90. The molecule has 1 aromatic heterocycles. The Labute approximate surface area is 253 Å². The zero-order valence-electron chi connectivity index (χ0n) is 24.6. The van der Waals surface area contributed by atoms with Crippen LogP contribution in [0.3, 0.4) is 0 Å². The number of fused-ring (bicyclic) bond motifs is 1. The molecule has 3 rings (SSSR count). The highest BCUT2D eigenvalue weighted by molar-refractivity contribution is 5.86. The summed E-state index contributed by atoms with van der Waals surface area (Å²) in [5, 5.41) is 15.6. The van der Waals surface area contributed by atoms with Crippen LogP contribution >= 0.6 is 0 Å². The molecule has 4 N–H and O–H groups in total. The van der Waals surface area contributed by atoms with E-state index in [2.05, 4.69) is 28.8 Å². The molecule has 1 heterocycles. The molecule has 3 aromatic rings. The van der Waals surface area contributed by atoms with Gasteiger partial charge in [-0.3, -0.25) is 14.4 Å². The maximum atomic E-state index is 13.5. The minimum Gasteiger partial charge on any atom is -0.463 e. The van der Waals surface area contributed by atoms with Crippen LogP contribution in [0.25, 0.3) is 10.9 Å². The van der Waals surface area contributed by atoms with Gasteiger partial charge in [0.1, 0.15) is 6.61 Å². The number of benzene rings is 2. The summed E-state index contributed by atoms with van der Waals surface area (Å²) in [5.41, 5.74) is 2.97. The molecular weight excluding hydrogens is 546 g/mol. The highest BCUT2D eigenvalue weighted by Gasteiger charge is 2.26. The molecule has 0 aliphatic rings. The molecule has 0 spiro atoms. The Hall–Kier alpha value is -4.21. The van der Waals surface area contributed by atoms with E-state index in [0.717, 1.165) is 22.0 Å².